The second-order valence-corrected chi connectivity index (χ2v) is 8.12. The maximum atomic E-state index is 13.0. The van der Waals surface area contributed by atoms with Gasteiger partial charge < -0.3 is 11.1 Å². The Kier molecular flexibility index (Phi) is 7.37. The summed E-state index contributed by atoms with van der Waals surface area (Å²) < 4.78 is 28.9. The number of nitrogens with zero attached hydrogens (tertiary/aromatic N) is 2. The smallest absolute Gasteiger partial charge is 0.282 e. The van der Waals surface area contributed by atoms with Crippen LogP contribution in [0.2, 0.25) is 0 Å². The van der Waals surface area contributed by atoms with Gasteiger partial charge in [0, 0.05) is 39.3 Å². The Morgan fingerprint density at radius 1 is 1.36 bits per heavy atom. The quantitative estimate of drug-likeness (QED) is 0.700. The van der Waals surface area contributed by atoms with Gasteiger partial charge in [0.25, 0.3) is 10.2 Å². The third-order valence-electron chi connectivity index (χ3n) is 4.41. The van der Waals surface area contributed by atoms with E-state index in [1.54, 1.807) is 0 Å². The van der Waals surface area contributed by atoms with Crippen molar-refractivity contribution < 1.29 is 13.2 Å². The Labute approximate surface area is 150 Å². The van der Waals surface area contributed by atoms with Crippen LogP contribution in [0.3, 0.4) is 0 Å². The van der Waals surface area contributed by atoms with Crippen molar-refractivity contribution in [3.05, 3.63) is 35.9 Å². The van der Waals surface area contributed by atoms with Gasteiger partial charge in [0.1, 0.15) is 0 Å². The minimum absolute atomic E-state index is 0.114. The molecular weight excluding hydrogens is 340 g/mol. The first-order chi connectivity index (χ1) is 12.0. The van der Waals surface area contributed by atoms with Crippen molar-refractivity contribution in [3.8, 4) is 0 Å². The zero-order valence-corrected chi connectivity index (χ0v) is 15.5. The molecule has 1 fully saturated rings. The summed E-state index contributed by atoms with van der Waals surface area (Å²) in [5.74, 6) is -0.429. The van der Waals surface area contributed by atoms with Crippen molar-refractivity contribution in [1.82, 2.24) is 13.9 Å². The molecule has 7 nitrogen and oxygen atoms in total. The molecule has 1 aliphatic heterocycles. The third kappa shape index (κ3) is 5.24. The first-order valence-electron chi connectivity index (χ1n) is 8.76. The molecule has 1 aliphatic rings. The molecule has 1 aromatic carbocycles. The van der Waals surface area contributed by atoms with E-state index in [0.717, 1.165) is 5.56 Å². The van der Waals surface area contributed by atoms with E-state index in [9.17, 15) is 13.2 Å². The highest BCUT2D eigenvalue weighted by atomic mass is 32.2. The maximum Gasteiger partial charge on any atom is 0.282 e. The molecule has 8 heteroatoms. The molecule has 1 heterocycles. The van der Waals surface area contributed by atoms with Crippen molar-refractivity contribution in [2.24, 2.45) is 11.7 Å². The van der Waals surface area contributed by atoms with Crippen molar-refractivity contribution in [1.29, 1.82) is 0 Å². The van der Waals surface area contributed by atoms with Gasteiger partial charge in [-0.3, -0.25) is 4.79 Å². The monoisotopic (exact) mass is 368 g/mol. The molecule has 2 rings (SSSR count). The second-order valence-electron chi connectivity index (χ2n) is 6.20. The zero-order chi connectivity index (χ0) is 18.3. The van der Waals surface area contributed by atoms with E-state index in [1.165, 1.54) is 8.61 Å². The molecule has 25 heavy (non-hydrogen) atoms. The Morgan fingerprint density at radius 2 is 2.08 bits per heavy atom. The van der Waals surface area contributed by atoms with Crippen LogP contribution in [0.25, 0.3) is 0 Å². The highest BCUT2D eigenvalue weighted by Crippen LogP contribution is 2.22. The SMILES string of the molecule is CCN(Cc1ccccc1)S(=O)(=O)N1CCCC(C(=O)NCCN)C1. The largest absolute Gasteiger partial charge is 0.355 e. The summed E-state index contributed by atoms with van der Waals surface area (Å²) in [6.45, 7) is 4.02. The number of nitrogens with one attached hydrogen (secondary N) is 1. The number of piperidine rings is 1. The number of carbonyl (C=O) groups is 1. The molecule has 140 valence electrons. The second kappa shape index (κ2) is 9.28. The lowest BCUT2D eigenvalue weighted by atomic mass is 9.99. The molecule has 3 N–H and O–H groups in total. The molecule has 0 aromatic heterocycles. The van der Waals surface area contributed by atoms with Gasteiger partial charge >= 0.3 is 0 Å². The highest BCUT2D eigenvalue weighted by Gasteiger charge is 2.35. The lowest BCUT2D eigenvalue weighted by Crippen LogP contribution is -2.50. The number of amides is 1. The Hall–Kier alpha value is -1.48. The molecule has 1 unspecified atom stereocenters. The van der Waals surface area contributed by atoms with Crippen LogP contribution in [-0.4, -0.2) is 55.7 Å². The Balaban J connectivity index is 2.07. The summed E-state index contributed by atoms with van der Waals surface area (Å²) in [4.78, 5) is 12.2. The molecule has 0 spiro atoms. The average Bonchev–Trinajstić information content (AvgIpc) is 2.65. The van der Waals surface area contributed by atoms with Gasteiger partial charge in [-0.1, -0.05) is 37.3 Å². The van der Waals surface area contributed by atoms with Gasteiger partial charge in [0.15, 0.2) is 0 Å². The Bertz CT molecular complexity index is 651. The number of carbonyl (C=O) groups excluding carboxylic acids is 1. The summed E-state index contributed by atoms with van der Waals surface area (Å²) in [5.41, 5.74) is 6.35. The molecule has 0 saturated carbocycles. The molecule has 0 aliphatic carbocycles. The lowest BCUT2D eigenvalue weighted by molar-refractivity contribution is -0.126. The van der Waals surface area contributed by atoms with Crippen LogP contribution in [-0.2, 0) is 21.5 Å². The van der Waals surface area contributed by atoms with E-state index in [4.69, 9.17) is 5.73 Å². The molecule has 1 atom stereocenters. The van der Waals surface area contributed by atoms with Crippen LogP contribution in [0.5, 0.6) is 0 Å². The van der Waals surface area contributed by atoms with Crippen molar-refractivity contribution in [2.75, 3.05) is 32.7 Å². The Morgan fingerprint density at radius 3 is 2.72 bits per heavy atom. The van der Waals surface area contributed by atoms with E-state index < -0.39 is 10.2 Å². The van der Waals surface area contributed by atoms with Crippen molar-refractivity contribution in [2.45, 2.75) is 26.3 Å². The summed E-state index contributed by atoms with van der Waals surface area (Å²) >= 11 is 0. The van der Waals surface area contributed by atoms with Crippen LogP contribution in [0.15, 0.2) is 30.3 Å². The van der Waals surface area contributed by atoms with Gasteiger partial charge in [-0.15, -0.1) is 0 Å². The fraction of sp³-hybridized carbons (Fsp3) is 0.588. The van der Waals surface area contributed by atoms with E-state index in [2.05, 4.69) is 5.32 Å². The minimum Gasteiger partial charge on any atom is -0.355 e. The molecule has 1 aromatic rings. The molecule has 1 saturated heterocycles. The predicted molar refractivity (Wildman–Crippen MR) is 97.8 cm³/mol. The van der Waals surface area contributed by atoms with Gasteiger partial charge in [-0.05, 0) is 18.4 Å². The highest BCUT2D eigenvalue weighted by molar-refractivity contribution is 7.86. The molecule has 1 amide bonds. The van der Waals surface area contributed by atoms with E-state index in [1.807, 2.05) is 37.3 Å². The summed E-state index contributed by atoms with van der Waals surface area (Å²) in [7, 11) is -3.60. The number of hydrogen-bond acceptors (Lipinski definition) is 4. The molecular formula is C17H28N4O3S. The van der Waals surface area contributed by atoms with Crippen LogP contribution in [0.1, 0.15) is 25.3 Å². The van der Waals surface area contributed by atoms with Gasteiger partial charge in [0.2, 0.25) is 5.91 Å². The van der Waals surface area contributed by atoms with E-state index in [-0.39, 0.29) is 18.4 Å². The van der Waals surface area contributed by atoms with Crippen molar-refractivity contribution >= 4 is 16.1 Å². The van der Waals surface area contributed by atoms with Crippen molar-refractivity contribution in [3.63, 3.8) is 0 Å². The summed E-state index contributed by atoms with van der Waals surface area (Å²) in [6.07, 6.45) is 1.38. The van der Waals surface area contributed by atoms with Gasteiger partial charge in [-0.2, -0.15) is 17.0 Å². The summed E-state index contributed by atoms with van der Waals surface area (Å²) in [6, 6.07) is 9.53. The predicted octanol–water partition coefficient (Wildman–Crippen LogP) is 0.540. The fourth-order valence-electron chi connectivity index (χ4n) is 3.01. The number of hydrogen-bond donors (Lipinski definition) is 2. The van der Waals surface area contributed by atoms with Crippen LogP contribution in [0.4, 0.5) is 0 Å². The molecule has 0 bridgehead atoms. The number of nitrogens with two attached hydrogens (primary N) is 1. The summed E-state index contributed by atoms with van der Waals surface area (Å²) in [5, 5.41) is 2.76. The number of benzene rings is 1. The number of rotatable bonds is 8. The van der Waals surface area contributed by atoms with Gasteiger partial charge in [-0.25, -0.2) is 0 Å². The van der Waals surface area contributed by atoms with Crippen LogP contribution >= 0.6 is 0 Å². The first-order valence-corrected chi connectivity index (χ1v) is 10.2. The van der Waals surface area contributed by atoms with E-state index in [0.29, 0.717) is 45.6 Å². The zero-order valence-electron chi connectivity index (χ0n) is 14.7. The standard InChI is InChI=1S/C17H28N4O3S/c1-2-20(13-15-7-4-3-5-8-15)25(23,24)21-12-6-9-16(14-21)17(22)19-11-10-18/h3-5,7-8,16H,2,6,9-14,18H2,1H3,(H,19,22). The average molecular weight is 369 g/mol. The maximum absolute atomic E-state index is 13.0. The van der Waals surface area contributed by atoms with Crippen LogP contribution in [0, 0.1) is 5.92 Å². The fourth-order valence-corrected chi connectivity index (χ4v) is 4.71. The minimum atomic E-state index is -3.60. The van der Waals surface area contributed by atoms with Crippen LogP contribution < -0.4 is 11.1 Å². The lowest BCUT2D eigenvalue weighted by Gasteiger charge is -2.34. The van der Waals surface area contributed by atoms with E-state index >= 15 is 0 Å². The third-order valence-corrected chi connectivity index (χ3v) is 6.43. The normalized spacial score (nSPS) is 19.1. The first kappa shape index (κ1) is 19.8. The van der Waals surface area contributed by atoms with Gasteiger partial charge in [0.05, 0.1) is 5.92 Å². The topological polar surface area (TPSA) is 95.7 Å². The molecule has 0 radical (unpaired) electrons.